The minimum absolute atomic E-state index is 0.0483. The molecule has 0 radical (unpaired) electrons. The van der Waals surface area contributed by atoms with E-state index in [-0.39, 0.29) is 34.1 Å². The fourth-order valence-corrected chi connectivity index (χ4v) is 7.59. The molecule has 1 atom stereocenters. The number of thiophene rings is 1. The molecule has 0 saturated carbocycles. The monoisotopic (exact) mass is 552 g/mol. The molecule has 8 nitrogen and oxygen atoms in total. The molecule has 1 aromatic carbocycles. The van der Waals surface area contributed by atoms with Crippen molar-refractivity contribution < 1.29 is 22.7 Å². The van der Waals surface area contributed by atoms with E-state index in [2.05, 4.69) is 56.7 Å². The Hall–Kier alpha value is -2.14. The quantitative estimate of drug-likeness (QED) is 0.311. The zero-order chi connectivity index (χ0) is 28.0. The van der Waals surface area contributed by atoms with Crippen molar-refractivity contribution in [1.82, 2.24) is 4.72 Å². The number of aryl methyl sites for hydroxylation is 2. The number of nitrogens with one attached hydrogen (secondary N) is 1. The first-order valence-corrected chi connectivity index (χ1v) is 14.8. The molecular weight excluding hydrogens is 512 g/mol. The van der Waals surface area contributed by atoms with Crippen molar-refractivity contribution >= 4 is 27.3 Å². The number of hydrogen-bond acceptors (Lipinski definition) is 7. The average molecular weight is 553 g/mol. The lowest BCUT2D eigenvalue weighted by Gasteiger charge is -2.32. The smallest absolute Gasteiger partial charge is 0.287 e. The van der Waals surface area contributed by atoms with Crippen LogP contribution in [-0.2, 0) is 25.0 Å². The zero-order valence-electron chi connectivity index (χ0n) is 23.1. The van der Waals surface area contributed by atoms with Crippen molar-refractivity contribution in [1.29, 1.82) is 0 Å². The predicted molar refractivity (Wildman–Crippen MR) is 148 cm³/mol. The van der Waals surface area contributed by atoms with Gasteiger partial charge in [0.2, 0.25) is 10.0 Å². The maximum Gasteiger partial charge on any atom is 0.287 e. The van der Waals surface area contributed by atoms with Crippen molar-refractivity contribution in [2.45, 2.75) is 83.5 Å². The minimum Gasteiger partial charge on any atom is -0.491 e. The van der Waals surface area contributed by atoms with E-state index in [0.29, 0.717) is 12.2 Å². The van der Waals surface area contributed by atoms with Gasteiger partial charge in [-0.1, -0.05) is 46.8 Å². The van der Waals surface area contributed by atoms with Crippen molar-refractivity contribution in [3.05, 3.63) is 50.7 Å². The number of rotatable bonds is 13. The van der Waals surface area contributed by atoms with Gasteiger partial charge in [-0.05, 0) is 60.9 Å². The van der Waals surface area contributed by atoms with E-state index in [1.165, 1.54) is 11.3 Å². The Bertz CT molecular complexity index is 1190. The molecule has 10 heteroatoms. The van der Waals surface area contributed by atoms with E-state index in [4.69, 9.17) is 9.47 Å². The van der Waals surface area contributed by atoms with Gasteiger partial charge in [-0.25, -0.2) is 13.1 Å². The number of nitrogens with zero attached hydrogens (tertiary/aromatic N) is 1. The highest BCUT2D eigenvalue weighted by Crippen LogP contribution is 2.45. The third kappa shape index (κ3) is 7.25. The standard InChI is InChI=1S/C27H40N2O6S2/c1-9-27(10-2,20-11-12-21(18(3)15-20)35-17-22(34-8)26(5,6)7)23-16-19(4)25(36-23)37(32,33)28-14-13-24(30)29-31/h11-12,15-16,22,28H,9-10,13-14,17H2,1-8H3. The first kappa shape index (κ1) is 31.1. The van der Waals surface area contributed by atoms with Crippen LogP contribution in [-0.4, -0.2) is 40.7 Å². The van der Waals surface area contributed by atoms with Crippen LogP contribution in [0.15, 0.2) is 33.7 Å². The summed E-state index contributed by atoms with van der Waals surface area (Å²) in [5, 5.41) is 2.30. The molecular formula is C27H40N2O6S2. The molecule has 1 heterocycles. The first-order valence-electron chi connectivity index (χ1n) is 12.5. The third-order valence-electron chi connectivity index (χ3n) is 6.90. The third-order valence-corrected chi connectivity index (χ3v) is 10.4. The molecule has 1 aromatic heterocycles. The topological polar surface area (TPSA) is 111 Å². The van der Waals surface area contributed by atoms with E-state index in [1.807, 2.05) is 19.1 Å². The van der Waals surface area contributed by atoms with Gasteiger partial charge >= 0.3 is 0 Å². The van der Waals surface area contributed by atoms with Crippen molar-refractivity contribution in [2.24, 2.45) is 10.6 Å². The Morgan fingerprint density at radius 3 is 2.27 bits per heavy atom. The van der Waals surface area contributed by atoms with E-state index in [1.54, 1.807) is 14.0 Å². The van der Waals surface area contributed by atoms with Crippen LogP contribution >= 0.6 is 11.3 Å². The van der Waals surface area contributed by atoms with Crippen molar-refractivity contribution in [2.75, 3.05) is 20.3 Å². The molecule has 1 N–H and O–H groups in total. The Morgan fingerprint density at radius 1 is 1.11 bits per heavy atom. The van der Waals surface area contributed by atoms with Crippen molar-refractivity contribution in [3.63, 3.8) is 0 Å². The van der Waals surface area contributed by atoms with Gasteiger partial charge < -0.3 is 9.47 Å². The second kappa shape index (κ2) is 12.6. The number of methoxy groups -OCH3 is 1. The maximum absolute atomic E-state index is 12.9. The highest BCUT2D eigenvalue weighted by molar-refractivity contribution is 7.91. The molecule has 0 saturated heterocycles. The average Bonchev–Trinajstić information content (AvgIpc) is 3.23. The SMILES string of the molecule is CCC(CC)(c1ccc(OCC(OC)C(C)(C)C)c(C)c1)c1cc(C)c(S(=O)(=O)NCCC(=O)N=O)s1. The predicted octanol–water partition coefficient (Wildman–Crippen LogP) is 5.87. The van der Waals surface area contributed by atoms with Gasteiger partial charge in [0.25, 0.3) is 5.91 Å². The molecule has 0 aliphatic carbocycles. The summed E-state index contributed by atoms with van der Waals surface area (Å²) in [5.41, 5.74) is 2.33. The number of ether oxygens (including phenoxy) is 2. The number of carbonyl (C=O) groups is 1. The summed E-state index contributed by atoms with van der Waals surface area (Å²) in [6.07, 6.45) is 1.24. The highest BCUT2D eigenvalue weighted by atomic mass is 32.2. The molecule has 0 aliphatic heterocycles. The molecule has 2 rings (SSSR count). The normalized spacial score (nSPS) is 13.4. The van der Waals surface area contributed by atoms with Gasteiger partial charge in [-0.3, -0.25) is 4.79 Å². The van der Waals surface area contributed by atoms with Gasteiger partial charge in [0.05, 0.1) is 6.10 Å². The fourth-order valence-electron chi connectivity index (χ4n) is 4.47. The van der Waals surface area contributed by atoms with E-state index >= 15 is 0 Å². The number of sulfonamides is 1. The van der Waals surface area contributed by atoms with Crippen LogP contribution in [0.2, 0.25) is 0 Å². The first-order chi connectivity index (χ1) is 17.2. The summed E-state index contributed by atoms with van der Waals surface area (Å²) >= 11 is 1.24. The molecule has 0 aliphatic rings. The van der Waals surface area contributed by atoms with Gasteiger partial charge in [0.15, 0.2) is 0 Å². The largest absolute Gasteiger partial charge is 0.491 e. The second-order valence-electron chi connectivity index (χ2n) is 10.4. The number of amides is 1. The number of hydrogen-bond donors (Lipinski definition) is 1. The highest BCUT2D eigenvalue weighted by Gasteiger charge is 2.35. The molecule has 37 heavy (non-hydrogen) atoms. The molecule has 0 spiro atoms. The summed E-state index contributed by atoms with van der Waals surface area (Å²) in [4.78, 5) is 22.4. The van der Waals surface area contributed by atoms with Crippen LogP contribution < -0.4 is 9.46 Å². The zero-order valence-corrected chi connectivity index (χ0v) is 24.8. The fraction of sp³-hybridized carbons (Fsp3) is 0.593. The molecule has 1 amide bonds. The molecule has 0 bridgehead atoms. The van der Waals surface area contributed by atoms with Crippen LogP contribution in [0.25, 0.3) is 0 Å². The van der Waals surface area contributed by atoms with Gasteiger partial charge in [0, 0.05) is 35.5 Å². The Labute approximate surface area is 225 Å². The minimum atomic E-state index is -3.84. The van der Waals surface area contributed by atoms with E-state index in [0.717, 1.165) is 34.6 Å². The van der Waals surface area contributed by atoms with Crippen LogP contribution in [0.3, 0.4) is 0 Å². The molecule has 0 fully saturated rings. The van der Waals surface area contributed by atoms with Crippen LogP contribution in [0.5, 0.6) is 5.75 Å². The number of nitroso groups, excluding NO2 is 1. The summed E-state index contributed by atoms with van der Waals surface area (Å²) in [6.45, 7) is 14.6. The lowest BCUT2D eigenvalue weighted by molar-refractivity contribution is -0.117. The molecule has 1 unspecified atom stereocenters. The van der Waals surface area contributed by atoms with Gasteiger partial charge in [-0.15, -0.1) is 16.2 Å². The maximum atomic E-state index is 12.9. The lowest BCUT2D eigenvalue weighted by Crippen LogP contribution is -2.34. The van der Waals surface area contributed by atoms with E-state index < -0.39 is 15.9 Å². The molecule has 2 aromatic rings. The summed E-state index contributed by atoms with van der Waals surface area (Å²) in [6, 6.07) is 8.11. The Balaban J connectivity index is 2.37. The van der Waals surface area contributed by atoms with Crippen LogP contribution in [0.1, 0.15) is 75.4 Å². The number of carbonyl (C=O) groups excluding carboxylic acids is 1. The summed E-state index contributed by atoms with van der Waals surface area (Å²) in [5.74, 6) is -0.0911. The number of benzene rings is 1. The molecule has 206 valence electrons. The van der Waals surface area contributed by atoms with Crippen LogP contribution in [0.4, 0.5) is 0 Å². The summed E-state index contributed by atoms with van der Waals surface area (Å²) in [7, 11) is -2.14. The van der Waals surface area contributed by atoms with Crippen molar-refractivity contribution in [3.8, 4) is 5.75 Å². The van der Waals surface area contributed by atoms with E-state index in [9.17, 15) is 18.1 Å². The Kier molecular flexibility index (Phi) is 10.6. The Morgan fingerprint density at radius 2 is 1.76 bits per heavy atom. The summed E-state index contributed by atoms with van der Waals surface area (Å²) < 4.78 is 40.3. The lowest BCUT2D eigenvalue weighted by atomic mass is 9.74. The van der Waals surface area contributed by atoms with Gasteiger partial charge in [-0.2, -0.15) is 0 Å². The van der Waals surface area contributed by atoms with Crippen LogP contribution in [0, 0.1) is 24.2 Å². The second-order valence-corrected chi connectivity index (χ2v) is 13.4. The van der Waals surface area contributed by atoms with Gasteiger partial charge in [0.1, 0.15) is 16.6 Å².